The van der Waals surface area contributed by atoms with Gasteiger partial charge in [0.05, 0.1) is 11.4 Å². The lowest BCUT2D eigenvalue weighted by Gasteiger charge is -2.20. The van der Waals surface area contributed by atoms with E-state index in [4.69, 9.17) is 11.6 Å². The number of likely N-dealkylation sites (tertiary alicyclic amines) is 1. The first-order valence-electron chi connectivity index (χ1n) is 9.10. The summed E-state index contributed by atoms with van der Waals surface area (Å²) in [4.78, 5) is 37.1. The van der Waals surface area contributed by atoms with Crippen LogP contribution < -0.4 is 10.6 Å². The minimum atomic E-state index is -0.526. The molecule has 146 valence electrons. The van der Waals surface area contributed by atoms with E-state index in [0.29, 0.717) is 38.2 Å². The van der Waals surface area contributed by atoms with Crippen LogP contribution >= 0.6 is 11.6 Å². The fraction of sp³-hybridized carbons (Fsp3) is 0.526. The summed E-state index contributed by atoms with van der Waals surface area (Å²) in [5.74, 6) is -0.232. The van der Waals surface area contributed by atoms with Gasteiger partial charge in [-0.3, -0.25) is 14.4 Å². The van der Waals surface area contributed by atoms with Gasteiger partial charge in [0.2, 0.25) is 17.7 Å². The molecule has 8 heteroatoms. The monoisotopic (exact) mass is 395 g/mol. The molecule has 1 saturated heterocycles. The van der Waals surface area contributed by atoms with E-state index in [2.05, 4.69) is 10.6 Å². The summed E-state index contributed by atoms with van der Waals surface area (Å²) >= 11 is 5.66. The van der Waals surface area contributed by atoms with Crippen LogP contribution in [0.4, 0.5) is 4.39 Å². The summed E-state index contributed by atoms with van der Waals surface area (Å²) in [6.07, 6.45) is 0.823. The van der Waals surface area contributed by atoms with E-state index < -0.39 is 5.82 Å². The van der Waals surface area contributed by atoms with Gasteiger partial charge in [-0.05, 0) is 36.0 Å². The van der Waals surface area contributed by atoms with Crippen molar-refractivity contribution in [3.8, 4) is 0 Å². The first-order valence-corrected chi connectivity index (χ1v) is 9.48. The number of carbonyl (C=O) groups is 3. The molecule has 6 nitrogen and oxygen atoms in total. The molecule has 1 saturated carbocycles. The third-order valence-corrected chi connectivity index (χ3v) is 5.52. The first kappa shape index (κ1) is 19.6. The van der Waals surface area contributed by atoms with Crippen molar-refractivity contribution in [2.75, 3.05) is 26.2 Å². The molecule has 27 heavy (non-hydrogen) atoms. The van der Waals surface area contributed by atoms with Crippen molar-refractivity contribution in [3.63, 3.8) is 0 Å². The number of benzene rings is 1. The Morgan fingerprint density at radius 1 is 1.19 bits per heavy atom. The van der Waals surface area contributed by atoms with Crippen molar-refractivity contribution < 1.29 is 18.8 Å². The quantitative estimate of drug-likeness (QED) is 0.684. The lowest BCUT2D eigenvalue weighted by molar-refractivity contribution is -0.131. The smallest absolute Gasteiger partial charge is 0.227 e. The molecule has 0 unspecified atom stereocenters. The Balaban J connectivity index is 1.38. The predicted octanol–water partition coefficient (Wildman–Crippen LogP) is 1.37. The standard InChI is InChI=1S/C19H23ClFN3O3/c1-11(25)22-5-2-6-23-19(27)18-13-9-24(10-14(13)18)17(26)8-12-3-4-15(20)16(21)7-12/h3-4,7,13-14,18H,2,5-6,8-10H2,1H3,(H,22,25)(H,23,27)/t13-,14-/m0/s1. The SMILES string of the molecule is CC(=O)NCCCNC(=O)C1[C@H]2CN(C(=O)Cc3ccc(Cl)c(F)c3)C[C@H]12. The highest BCUT2D eigenvalue weighted by Gasteiger charge is 2.59. The van der Waals surface area contributed by atoms with Crippen molar-refractivity contribution in [1.82, 2.24) is 15.5 Å². The number of nitrogens with zero attached hydrogens (tertiary/aromatic N) is 1. The zero-order valence-corrected chi connectivity index (χ0v) is 15.9. The van der Waals surface area contributed by atoms with E-state index in [0.717, 1.165) is 0 Å². The van der Waals surface area contributed by atoms with Crippen molar-refractivity contribution in [2.24, 2.45) is 17.8 Å². The third-order valence-electron chi connectivity index (χ3n) is 5.22. The molecule has 0 spiro atoms. The van der Waals surface area contributed by atoms with Crippen molar-refractivity contribution >= 4 is 29.3 Å². The second kappa shape index (κ2) is 8.25. The molecule has 3 amide bonds. The van der Waals surface area contributed by atoms with Gasteiger partial charge in [-0.15, -0.1) is 0 Å². The van der Waals surface area contributed by atoms with E-state index >= 15 is 0 Å². The van der Waals surface area contributed by atoms with Crippen molar-refractivity contribution in [3.05, 3.63) is 34.6 Å². The molecule has 1 heterocycles. The molecular weight excluding hydrogens is 373 g/mol. The average Bonchev–Trinajstić information content (AvgIpc) is 3.11. The normalized spacial score (nSPS) is 22.9. The summed E-state index contributed by atoms with van der Waals surface area (Å²) in [5.41, 5.74) is 0.593. The van der Waals surface area contributed by atoms with E-state index in [1.54, 1.807) is 11.0 Å². The number of rotatable bonds is 7. The Hall–Kier alpha value is -2.15. The summed E-state index contributed by atoms with van der Waals surface area (Å²) in [5, 5.41) is 5.62. The molecule has 3 rings (SSSR count). The zero-order chi connectivity index (χ0) is 19.6. The van der Waals surface area contributed by atoms with Crippen LogP contribution in [0, 0.1) is 23.6 Å². The lowest BCUT2D eigenvalue weighted by atomic mass is 10.1. The minimum Gasteiger partial charge on any atom is -0.356 e. The van der Waals surface area contributed by atoms with Gasteiger partial charge in [-0.2, -0.15) is 0 Å². The number of piperidine rings is 1. The van der Waals surface area contributed by atoms with Gasteiger partial charge >= 0.3 is 0 Å². The molecule has 1 aromatic rings. The van der Waals surface area contributed by atoms with Gasteiger partial charge in [-0.1, -0.05) is 17.7 Å². The molecule has 1 aromatic carbocycles. The summed E-state index contributed by atoms with van der Waals surface area (Å²) < 4.78 is 13.5. The largest absolute Gasteiger partial charge is 0.356 e. The molecule has 2 fully saturated rings. The molecule has 1 aliphatic heterocycles. The van der Waals surface area contributed by atoms with Crippen molar-refractivity contribution in [2.45, 2.75) is 19.8 Å². The molecule has 1 aliphatic carbocycles. The maximum atomic E-state index is 13.5. The van der Waals surface area contributed by atoms with Gasteiger partial charge < -0.3 is 15.5 Å². The maximum absolute atomic E-state index is 13.5. The maximum Gasteiger partial charge on any atom is 0.227 e. The van der Waals surface area contributed by atoms with Gasteiger partial charge in [0.1, 0.15) is 5.82 Å². The van der Waals surface area contributed by atoms with E-state index in [9.17, 15) is 18.8 Å². The zero-order valence-electron chi connectivity index (χ0n) is 15.1. The van der Waals surface area contributed by atoms with Crippen LogP contribution in [0.2, 0.25) is 5.02 Å². The van der Waals surface area contributed by atoms with Crippen LogP contribution in [-0.2, 0) is 20.8 Å². The molecular formula is C19H23ClFN3O3. The second-order valence-electron chi connectivity index (χ2n) is 7.20. The summed E-state index contributed by atoms with van der Waals surface area (Å²) in [7, 11) is 0. The Bertz CT molecular complexity index is 746. The highest BCUT2D eigenvalue weighted by atomic mass is 35.5. The summed E-state index contributed by atoms with van der Waals surface area (Å²) in [6, 6.07) is 4.39. The van der Waals surface area contributed by atoms with Crippen LogP contribution in [0.3, 0.4) is 0 Å². The Morgan fingerprint density at radius 2 is 1.85 bits per heavy atom. The van der Waals surface area contributed by atoms with E-state index in [1.807, 2.05) is 0 Å². The molecule has 2 N–H and O–H groups in total. The van der Waals surface area contributed by atoms with Crippen LogP contribution in [0.1, 0.15) is 18.9 Å². The Kier molecular flexibility index (Phi) is 5.99. The number of hydrogen-bond donors (Lipinski definition) is 2. The van der Waals surface area contributed by atoms with Gasteiger partial charge in [0, 0.05) is 39.0 Å². The van der Waals surface area contributed by atoms with Crippen LogP contribution in [0.25, 0.3) is 0 Å². The molecule has 2 aliphatic rings. The fourth-order valence-corrected chi connectivity index (χ4v) is 3.85. The Labute approximate surface area is 162 Å². The van der Waals surface area contributed by atoms with Gasteiger partial charge in [-0.25, -0.2) is 4.39 Å². The number of halogens is 2. The van der Waals surface area contributed by atoms with Gasteiger partial charge in [0.15, 0.2) is 0 Å². The highest BCUT2D eigenvalue weighted by Crippen LogP contribution is 2.51. The lowest BCUT2D eigenvalue weighted by Crippen LogP contribution is -2.36. The fourth-order valence-electron chi connectivity index (χ4n) is 3.74. The predicted molar refractivity (Wildman–Crippen MR) is 98.5 cm³/mol. The van der Waals surface area contributed by atoms with Crippen LogP contribution in [0.5, 0.6) is 0 Å². The topological polar surface area (TPSA) is 78.5 Å². The molecule has 0 aromatic heterocycles. The third kappa shape index (κ3) is 4.77. The van der Waals surface area contributed by atoms with Crippen LogP contribution in [-0.4, -0.2) is 48.8 Å². The number of nitrogens with one attached hydrogen (secondary N) is 2. The average molecular weight is 396 g/mol. The number of amides is 3. The summed E-state index contributed by atoms with van der Waals surface area (Å²) in [6.45, 7) is 3.67. The first-order chi connectivity index (χ1) is 12.9. The van der Waals surface area contributed by atoms with Crippen molar-refractivity contribution in [1.29, 1.82) is 0 Å². The highest BCUT2D eigenvalue weighted by molar-refractivity contribution is 6.30. The second-order valence-corrected chi connectivity index (χ2v) is 7.61. The number of fused-ring (bicyclic) bond motifs is 1. The molecule has 2 atom stereocenters. The number of hydrogen-bond acceptors (Lipinski definition) is 3. The van der Waals surface area contributed by atoms with E-state index in [-0.39, 0.29) is 46.9 Å². The van der Waals surface area contributed by atoms with Gasteiger partial charge in [0.25, 0.3) is 0 Å². The van der Waals surface area contributed by atoms with Crippen LogP contribution in [0.15, 0.2) is 18.2 Å². The minimum absolute atomic E-state index is 0.0252. The Morgan fingerprint density at radius 3 is 2.48 bits per heavy atom. The number of carbonyl (C=O) groups excluding carboxylic acids is 3. The van der Waals surface area contributed by atoms with E-state index in [1.165, 1.54) is 19.1 Å². The molecule has 0 radical (unpaired) electrons. The molecule has 0 bridgehead atoms.